The zero-order valence-electron chi connectivity index (χ0n) is 15.2. The molecule has 1 aromatic carbocycles. The molecule has 0 unspecified atom stereocenters. The molecule has 0 aromatic heterocycles. The monoisotopic (exact) mass is 361 g/mol. The molecule has 0 radical (unpaired) electrons. The number of benzene rings is 1. The number of rotatable bonds is 5. The molecule has 7 nitrogen and oxygen atoms in total. The van der Waals surface area contributed by atoms with Crippen LogP contribution in [0.2, 0.25) is 0 Å². The zero-order valence-corrected chi connectivity index (χ0v) is 15.2. The Morgan fingerprint density at radius 3 is 2.31 bits per heavy atom. The normalized spacial score (nSPS) is 20.1. The Hall–Kier alpha value is -2.57. The minimum absolute atomic E-state index is 0.0295. The highest BCUT2D eigenvalue weighted by molar-refractivity contribution is 5.96. The van der Waals surface area contributed by atoms with Crippen LogP contribution in [0.25, 0.3) is 0 Å². The summed E-state index contributed by atoms with van der Waals surface area (Å²) in [6.45, 7) is 3.73. The molecule has 1 saturated carbocycles. The second kappa shape index (κ2) is 9.22. The summed E-state index contributed by atoms with van der Waals surface area (Å²) >= 11 is 0. The molecule has 1 fully saturated rings. The SMILES string of the molecule is CC(C)NC(=O)Nc1ccc(C(=O)N[C@H]2CCCCC[C@H]2C(=O)O)cc1. The van der Waals surface area contributed by atoms with Crippen LogP contribution in [0.5, 0.6) is 0 Å². The quantitative estimate of drug-likeness (QED) is 0.605. The summed E-state index contributed by atoms with van der Waals surface area (Å²) in [5, 5.41) is 17.7. The van der Waals surface area contributed by atoms with Gasteiger partial charge in [0.05, 0.1) is 5.92 Å². The molecular weight excluding hydrogens is 334 g/mol. The topological polar surface area (TPSA) is 108 Å². The number of carboxylic acids is 1. The first-order valence-corrected chi connectivity index (χ1v) is 9.08. The van der Waals surface area contributed by atoms with Crippen LogP contribution >= 0.6 is 0 Å². The summed E-state index contributed by atoms with van der Waals surface area (Å²) in [5.74, 6) is -1.68. The smallest absolute Gasteiger partial charge is 0.319 e. The Labute approximate surface area is 153 Å². The molecule has 26 heavy (non-hydrogen) atoms. The molecule has 0 heterocycles. The highest BCUT2D eigenvalue weighted by Crippen LogP contribution is 2.24. The van der Waals surface area contributed by atoms with Gasteiger partial charge in [0.25, 0.3) is 5.91 Å². The number of nitrogens with one attached hydrogen (secondary N) is 3. The zero-order chi connectivity index (χ0) is 19.1. The predicted molar refractivity (Wildman–Crippen MR) is 99.2 cm³/mol. The molecule has 0 saturated heterocycles. The van der Waals surface area contributed by atoms with Gasteiger partial charge in [-0.1, -0.05) is 19.3 Å². The number of carbonyl (C=O) groups is 3. The van der Waals surface area contributed by atoms with Gasteiger partial charge in [-0.15, -0.1) is 0 Å². The minimum Gasteiger partial charge on any atom is -0.481 e. The van der Waals surface area contributed by atoms with Crippen molar-refractivity contribution in [2.45, 2.75) is 58.0 Å². The second-order valence-electron chi connectivity index (χ2n) is 6.99. The Morgan fingerprint density at radius 1 is 1.04 bits per heavy atom. The number of hydrogen-bond donors (Lipinski definition) is 4. The van der Waals surface area contributed by atoms with Gasteiger partial charge < -0.3 is 21.1 Å². The van der Waals surface area contributed by atoms with Crippen molar-refractivity contribution in [3.8, 4) is 0 Å². The van der Waals surface area contributed by atoms with Crippen LogP contribution in [0.15, 0.2) is 24.3 Å². The number of carboxylic acid groups (broad SMARTS) is 1. The van der Waals surface area contributed by atoms with Gasteiger partial charge >= 0.3 is 12.0 Å². The summed E-state index contributed by atoms with van der Waals surface area (Å²) in [5.41, 5.74) is 1.02. The number of urea groups is 1. The predicted octanol–water partition coefficient (Wildman–Crippen LogP) is 2.98. The van der Waals surface area contributed by atoms with Crippen molar-refractivity contribution in [3.05, 3.63) is 29.8 Å². The van der Waals surface area contributed by atoms with Crippen LogP contribution in [0.3, 0.4) is 0 Å². The molecular formula is C19H27N3O4. The third kappa shape index (κ3) is 5.75. The van der Waals surface area contributed by atoms with E-state index in [1.165, 1.54) is 0 Å². The van der Waals surface area contributed by atoms with Crippen LogP contribution in [0.1, 0.15) is 56.3 Å². The van der Waals surface area contributed by atoms with Crippen molar-refractivity contribution < 1.29 is 19.5 Å². The van der Waals surface area contributed by atoms with E-state index in [9.17, 15) is 19.5 Å². The number of aliphatic carboxylic acids is 1. The molecule has 1 aliphatic rings. The van der Waals surface area contributed by atoms with Gasteiger partial charge in [-0.2, -0.15) is 0 Å². The standard InChI is InChI=1S/C19H27N3O4/c1-12(2)20-19(26)21-14-10-8-13(9-11-14)17(23)22-16-7-5-3-4-6-15(16)18(24)25/h8-12,15-16H,3-7H2,1-2H3,(H,22,23)(H,24,25)(H2,20,21,26)/t15-,16+/m1/s1. The molecule has 142 valence electrons. The Morgan fingerprint density at radius 2 is 1.69 bits per heavy atom. The van der Waals surface area contributed by atoms with E-state index in [0.29, 0.717) is 24.1 Å². The van der Waals surface area contributed by atoms with Gasteiger partial charge in [0.1, 0.15) is 0 Å². The van der Waals surface area contributed by atoms with Gasteiger partial charge in [0.15, 0.2) is 0 Å². The molecule has 0 spiro atoms. The molecule has 0 aliphatic heterocycles. The van der Waals surface area contributed by atoms with Crippen LogP contribution in [0.4, 0.5) is 10.5 Å². The lowest BCUT2D eigenvalue weighted by molar-refractivity contribution is -0.142. The van der Waals surface area contributed by atoms with Crippen molar-refractivity contribution in [3.63, 3.8) is 0 Å². The van der Waals surface area contributed by atoms with Crippen molar-refractivity contribution >= 4 is 23.6 Å². The maximum absolute atomic E-state index is 12.5. The van der Waals surface area contributed by atoms with E-state index < -0.39 is 11.9 Å². The van der Waals surface area contributed by atoms with E-state index in [0.717, 1.165) is 19.3 Å². The van der Waals surface area contributed by atoms with E-state index in [2.05, 4.69) is 16.0 Å². The Balaban J connectivity index is 1.98. The minimum atomic E-state index is -0.854. The Bertz CT molecular complexity index is 643. The molecule has 1 aromatic rings. The first-order valence-electron chi connectivity index (χ1n) is 9.08. The maximum atomic E-state index is 12.5. The van der Waals surface area contributed by atoms with Crippen molar-refractivity contribution in [2.75, 3.05) is 5.32 Å². The second-order valence-corrected chi connectivity index (χ2v) is 6.99. The molecule has 0 bridgehead atoms. The van der Waals surface area contributed by atoms with E-state index in [1.807, 2.05) is 13.8 Å². The first kappa shape index (κ1) is 19.8. The third-order valence-electron chi connectivity index (χ3n) is 4.47. The molecule has 7 heteroatoms. The van der Waals surface area contributed by atoms with E-state index >= 15 is 0 Å². The van der Waals surface area contributed by atoms with Gasteiger partial charge in [-0.25, -0.2) is 4.79 Å². The van der Waals surface area contributed by atoms with E-state index in [-0.39, 0.29) is 24.0 Å². The van der Waals surface area contributed by atoms with Crippen LogP contribution < -0.4 is 16.0 Å². The van der Waals surface area contributed by atoms with E-state index in [1.54, 1.807) is 24.3 Å². The van der Waals surface area contributed by atoms with Crippen molar-refractivity contribution in [1.82, 2.24) is 10.6 Å². The molecule has 3 amide bonds. The number of anilines is 1. The fourth-order valence-electron chi connectivity index (χ4n) is 3.16. The van der Waals surface area contributed by atoms with Crippen LogP contribution in [0, 0.1) is 5.92 Å². The highest BCUT2D eigenvalue weighted by atomic mass is 16.4. The van der Waals surface area contributed by atoms with Gasteiger partial charge in [-0.3, -0.25) is 9.59 Å². The molecule has 1 aliphatic carbocycles. The summed E-state index contributed by atoms with van der Waals surface area (Å²) in [7, 11) is 0. The van der Waals surface area contributed by atoms with Gasteiger partial charge in [0, 0.05) is 23.3 Å². The summed E-state index contributed by atoms with van der Waals surface area (Å²) < 4.78 is 0. The average Bonchev–Trinajstić information content (AvgIpc) is 2.80. The highest BCUT2D eigenvalue weighted by Gasteiger charge is 2.30. The lowest BCUT2D eigenvalue weighted by Gasteiger charge is -2.23. The molecule has 2 rings (SSSR count). The van der Waals surface area contributed by atoms with E-state index in [4.69, 9.17) is 0 Å². The largest absolute Gasteiger partial charge is 0.481 e. The maximum Gasteiger partial charge on any atom is 0.319 e. The number of carbonyl (C=O) groups excluding carboxylic acids is 2. The molecule has 4 N–H and O–H groups in total. The van der Waals surface area contributed by atoms with Crippen LogP contribution in [-0.4, -0.2) is 35.1 Å². The fraction of sp³-hybridized carbons (Fsp3) is 0.526. The summed E-state index contributed by atoms with van der Waals surface area (Å²) in [6.07, 6.45) is 4.06. The molecule has 2 atom stereocenters. The fourth-order valence-corrected chi connectivity index (χ4v) is 3.16. The first-order chi connectivity index (χ1) is 12.4. The summed E-state index contributed by atoms with van der Waals surface area (Å²) in [4.78, 5) is 35.6. The number of hydrogen-bond acceptors (Lipinski definition) is 3. The van der Waals surface area contributed by atoms with Gasteiger partial charge in [0.2, 0.25) is 0 Å². The van der Waals surface area contributed by atoms with Crippen LogP contribution in [-0.2, 0) is 4.79 Å². The lowest BCUT2D eigenvalue weighted by Crippen LogP contribution is -2.42. The average molecular weight is 361 g/mol. The summed E-state index contributed by atoms with van der Waals surface area (Å²) in [6, 6.07) is 5.91. The Kier molecular flexibility index (Phi) is 7.00. The third-order valence-corrected chi connectivity index (χ3v) is 4.47. The lowest BCUT2D eigenvalue weighted by atomic mass is 9.94. The van der Waals surface area contributed by atoms with Crippen molar-refractivity contribution in [1.29, 1.82) is 0 Å². The van der Waals surface area contributed by atoms with Crippen molar-refractivity contribution in [2.24, 2.45) is 5.92 Å². The van der Waals surface area contributed by atoms with Gasteiger partial charge in [-0.05, 0) is 51.0 Å². The number of amides is 3.